The lowest BCUT2D eigenvalue weighted by molar-refractivity contribution is 0.0287. The lowest BCUT2D eigenvalue weighted by atomic mass is 10.1. The van der Waals surface area contributed by atoms with Gasteiger partial charge in [0.05, 0.1) is 11.4 Å². The second-order valence-corrected chi connectivity index (χ2v) is 8.62. The van der Waals surface area contributed by atoms with Crippen LogP contribution in [-0.2, 0) is 11.3 Å². The first-order chi connectivity index (χ1) is 11.8. The van der Waals surface area contributed by atoms with E-state index in [-0.39, 0.29) is 6.09 Å². The van der Waals surface area contributed by atoms with Crippen LogP contribution in [0.4, 0.5) is 4.79 Å². The van der Waals surface area contributed by atoms with E-state index >= 15 is 0 Å². The number of imidazole rings is 1. The van der Waals surface area contributed by atoms with Gasteiger partial charge in [-0.05, 0) is 53.0 Å². The number of rotatable bonds is 5. The number of nitrogens with zero attached hydrogens (tertiary/aromatic N) is 3. The van der Waals surface area contributed by atoms with Crippen molar-refractivity contribution in [2.24, 2.45) is 5.92 Å². The first kappa shape index (κ1) is 18.2. The van der Waals surface area contributed by atoms with Crippen molar-refractivity contribution in [3.05, 3.63) is 23.0 Å². The second-order valence-electron chi connectivity index (χ2n) is 7.75. The Morgan fingerprint density at radius 3 is 3.04 bits per heavy atom. The molecule has 1 unspecified atom stereocenters. The predicted octanol–water partition coefficient (Wildman–Crippen LogP) is 3.44. The second kappa shape index (κ2) is 7.33. The molecule has 1 amide bonds. The molecule has 2 aromatic rings. The third-order valence-electron chi connectivity index (χ3n) is 4.52. The Labute approximate surface area is 153 Å². The maximum Gasteiger partial charge on any atom is 0.410 e. The van der Waals surface area contributed by atoms with Crippen molar-refractivity contribution < 1.29 is 9.53 Å². The van der Waals surface area contributed by atoms with Crippen LogP contribution in [0.3, 0.4) is 0 Å². The van der Waals surface area contributed by atoms with Crippen LogP contribution in [-0.4, -0.2) is 45.6 Å². The van der Waals surface area contributed by atoms with E-state index in [2.05, 4.69) is 33.2 Å². The van der Waals surface area contributed by atoms with Gasteiger partial charge in [-0.25, -0.2) is 9.78 Å². The number of thiazole rings is 1. The highest BCUT2D eigenvalue weighted by molar-refractivity contribution is 7.15. The number of likely N-dealkylation sites (tertiary alicyclic amines) is 1. The van der Waals surface area contributed by atoms with Crippen molar-refractivity contribution in [3.63, 3.8) is 0 Å². The molecule has 1 N–H and O–H groups in total. The van der Waals surface area contributed by atoms with Gasteiger partial charge in [0.15, 0.2) is 4.96 Å². The summed E-state index contributed by atoms with van der Waals surface area (Å²) in [5.74, 6) is 0.549. The Morgan fingerprint density at radius 1 is 1.48 bits per heavy atom. The Hall–Kier alpha value is -1.60. The maximum atomic E-state index is 12.1. The molecule has 2 aromatic heterocycles. The minimum atomic E-state index is -0.424. The number of carbonyl (C=O) groups is 1. The smallest absolute Gasteiger partial charge is 0.410 e. The number of amides is 1. The van der Waals surface area contributed by atoms with Crippen LogP contribution in [0.25, 0.3) is 4.96 Å². The van der Waals surface area contributed by atoms with Gasteiger partial charge in [0, 0.05) is 31.2 Å². The highest BCUT2D eigenvalue weighted by Crippen LogP contribution is 2.22. The van der Waals surface area contributed by atoms with Gasteiger partial charge in [-0.2, -0.15) is 0 Å². The average molecular weight is 365 g/mol. The van der Waals surface area contributed by atoms with E-state index in [0.717, 1.165) is 49.7 Å². The first-order valence-electron chi connectivity index (χ1n) is 8.93. The largest absolute Gasteiger partial charge is 0.444 e. The molecule has 1 atom stereocenters. The van der Waals surface area contributed by atoms with Crippen LogP contribution in [0, 0.1) is 12.8 Å². The predicted molar refractivity (Wildman–Crippen MR) is 100 cm³/mol. The first-order valence-corrected chi connectivity index (χ1v) is 9.81. The van der Waals surface area contributed by atoms with Crippen molar-refractivity contribution in [2.75, 3.05) is 19.6 Å². The molecule has 0 aliphatic carbocycles. The summed E-state index contributed by atoms with van der Waals surface area (Å²) in [5, 5.41) is 5.59. The monoisotopic (exact) mass is 364 g/mol. The Bertz CT molecular complexity index is 731. The molecule has 25 heavy (non-hydrogen) atoms. The molecule has 1 fully saturated rings. The minimum absolute atomic E-state index is 0.183. The quantitative estimate of drug-likeness (QED) is 0.826. The van der Waals surface area contributed by atoms with E-state index in [0.29, 0.717) is 5.92 Å². The van der Waals surface area contributed by atoms with Crippen molar-refractivity contribution >= 4 is 22.4 Å². The van der Waals surface area contributed by atoms with Crippen LogP contribution in [0.15, 0.2) is 11.6 Å². The van der Waals surface area contributed by atoms with Crippen LogP contribution >= 0.6 is 11.3 Å². The number of hydrogen-bond donors (Lipinski definition) is 1. The van der Waals surface area contributed by atoms with Gasteiger partial charge in [-0.3, -0.25) is 4.40 Å². The van der Waals surface area contributed by atoms with E-state index < -0.39 is 5.60 Å². The summed E-state index contributed by atoms with van der Waals surface area (Å²) >= 11 is 1.66. The summed E-state index contributed by atoms with van der Waals surface area (Å²) in [6, 6.07) is 0. The van der Waals surface area contributed by atoms with Crippen molar-refractivity contribution in [1.29, 1.82) is 0 Å². The summed E-state index contributed by atoms with van der Waals surface area (Å²) in [7, 11) is 0. The molecule has 1 saturated heterocycles. The van der Waals surface area contributed by atoms with E-state index in [1.54, 1.807) is 11.3 Å². The number of aromatic nitrogens is 2. The van der Waals surface area contributed by atoms with E-state index in [9.17, 15) is 4.79 Å². The standard InChI is InChI=1S/C18H28N4O2S/c1-13-15(22-9-10-25-16(22)20-13)11-19-7-5-14-6-8-21(12-14)17(23)24-18(2,3)4/h9-10,14,19H,5-8,11-12H2,1-4H3. The molecule has 7 heteroatoms. The molecule has 0 bridgehead atoms. The van der Waals surface area contributed by atoms with Crippen LogP contribution in [0.2, 0.25) is 0 Å². The van der Waals surface area contributed by atoms with Crippen LogP contribution in [0.5, 0.6) is 0 Å². The summed E-state index contributed by atoms with van der Waals surface area (Å²) in [5.41, 5.74) is 1.90. The zero-order valence-corrected chi connectivity index (χ0v) is 16.4. The zero-order chi connectivity index (χ0) is 18.0. The molecular formula is C18H28N4O2S. The molecule has 3 heterocycles. The molecule has 6 nitrogen and oxygen atoms in total. The highest BCUT2D eigenvalue weighted by Gasteiger charge is 2.29. The fourth-order valence-electron chi connectivity index (χ4n) is 3.23. The van der Waals surface area contributed by atoms with Crippen molar-refractivity contribution in [2.45, 2.75) is 52.7 Å². The third kappa shape index (κ3) is 4.52. The summed E-state index contributed by atoms with van der Waals surface area (Å²) in [6.07, 6.45) is 4.02. The zero-order valence-electron chi connectivity index (χ0n) is 15.5. The Kier molecular flexibility index (Phi) is 5.34. The third-order valence-corrected chi connectivity index (χ3v) is 5.28. The van der Waals surface area contributed by atoms with Gasteiger partial charge in [0.2, 0.25) is 0 Å². The molecule has 0 radical (unpaired) electrons. The number of ether oxygens (including phenoxy) is 1. The van der Waals surface area contributed by atoms with Gasteiger partial charge >= 0.3 is 6.09 Å². The minimum Gasteiger partial charge on any atom is -0.444 e. The fraction of sp³-hybridized carbons (Fsp3) is 0.667. The topological polar surface area (TPSA) is 58.9 Å². The molecule has 0 aromatic carbocycles. The summed E-state index contributed by atoms with van der Waals surface area (Å²) in [6.45, 7) is 11.2. The number of hydrogen-bond acceptors (Lipinski definition) is 5. The average Bonchev–Trinajstić information content (AvgIpc) is 3.19. The number of nitrogens with one attached hydrogen (secondary N) is 1. The van der Waals surface area contributed by atoms with Gasteiger partial charge in [-0.15, -0.1) is 11.3 Å². The lowest BCUT2D eigenvalue weighted by Crippen LogP contribution is -2.35. The van der Waals surface area contributed by atoms with Crippen molar-refractivity contribution in [1.82, 2.24) is 19.6 Å². The molecule has 1 aliphatic rings. The molecule has 0 spiro atoms. The number of carbonyl (C=O) groups excluding carboxylic acids is 1. The normalized spacial score (nSPS) is 18.2. The number of aryl methyl sites for hydroxylation is 1. The van der Waals surface area contributed by atoms with E-state index in [1.165, 1.54) is 5.69 Å². The van der Waals surface area contributed by atoms with Crippen LogP contribution < -0.4 is 5.32 Å². The van der Waals surface area contributed by atoms with Crippen LogP contribution in [0.1, 0.15) is 45.0 Å². The van der Waals surface area contributed by atoms with Gasteiger partial charge in [0.1, 0.15) is 5.60 Å². The highest BCUT2D eigenvalue weighted by atomic mass is 32.1. The summed E-state index contributed by atoms with van der Waals surface area (Å²) in [4.78, 5) is 19.6. The molecule has 1 aliphatic heterocycles. The number of fused-ring (bicyclic) bond motifs is 1. The molecule has 0 saturated carbocycles. The fourth-order valence-corrected chi connectivity index (χ4v) is 4.01. The SMILES string of the molecule is Cc1nc2sccn2c1CNCCC1CCN(C(=O)OC(C)(C)C)C1. The lowest BCUT2D eigenvalue weighted by Gasteiger charge is -2.24. The maximum absolute atomic E-state index is 12.1. The van der Waals surface area contributed by atoms with E-state index in [1.807, 2.05) is 25.7 Å². The van der Waals surface area contributed by atoms with E-state index in [4.69, 9.17) is 4.74 Å². The van der Waals surface area contributed by atoms with Gasteiger partial charge in [0.25, 0.3) is 0 Å². The molecule has 138 valence electrons. The molecule has 3 rings (SSSR count). The Morgan fingerprint density at radius 2 is 2.28 bits per heavy atom. The van der Waals surface area contributed by atoms with Gasteiger partial charge < -0.3 is 15.0 Å². The summed E-state index contributed by atoms with van der Waals surface area (Å²) < 4.78 is 7.61. The van der Waals surface area contributed by atoms with Crippen molar-refractivity contribution in [3.8, 4) is 0 Å². The molecular weight excluding hydrogens is 336 g/mol. The van der Waals surface area contributed by atoms with Gasteiger partial charge in [-0.1, -0.05) is 0 Å². The Balaban J connectivity index is 1.41.